The predicted molar refractivity (Wildman–Crippen MR) is 98.2 cm³/mol. The standard InChI is InChI=1S/C21H15N3/c1-24-20-9-5-2-6-15(20)10-11-21(24)18(14-22)16-12-13-23-19-8-4-3-7-17(16)19/h2-13H,1H3/b21-18-. The van der Waals surface area contributed by atoms with Gasteiger partial charge < -0.3 is 4.90 Å². The number of nitriles is 1. The summed E-state index contributed by atoms with van der Waals surface area (Å²) in [6, 6.07) is 20.4. The van der Waals surface area contributed by atoms with Crippen LogP contribution in [0.1, 0.15) is 11.1 Å². The summed E-state index contributed by atoms with van der Waals surface area (Å²) >= 11 is 0. The third kappa shape index (κ3) is 2.17. The van der Waals surface area contributed by atoms with Gasteiger partial charge in [0.05, 0.1) is 16.8 Å². The van der Waals surface area contributed by atoms with E-state index in [4.69, 9.17) is 0 Å². The van der Waals surface area contributed by atoms with Crippen molar-refractivity contribution < 1.29 is 0 Å². The highest BCUT2D eigenvalue weighted by atomic mass is 15.1. The van der Waals surface area contributed by atoms with Crippen LogP contribution in [0.25, 0.3) is 22.6 Å². The van der Waals surface area contributed by atoms with Crippen LogP contribution in [0.4, 0.5) is 5.69 Å². The number of benzene rings is 2. The fourth-order valence-electron chi connectivity index (χ4n) is 3.16. The summed E-state index contributed by atoms with van der Waals surface area (Å²) in [5, 5.41) is 10.9. The molecule has 0 saturated heterocycles. The van der Waals surface area contributed by atoms with Crippen LogP contribution in [0.15, 0.2) is 72.6 Å². The molecule has 2 heterocycles. The number of anilines is 1. The average molecular weight is 309 g/mol. The van der Waals surface area contributed by atoms with Gasteiger partial charge in [0.15, 0.2) is 0 Å². The van der Waals surface area contributed by atoms with E-state index >= 15 is 0 Å². The van der Waals surface area contributed by atoms with Crippen molar-refractivity contribution in [2.45, 2.75) is 0 Å². The van der Waals surface area contributed by atoms with Crippen LogP contribution < -0.4 is 4.90 Å². The van der Waals surface area contributed by atoms with Crippen LogP contribution in [-0.2, 0) is 0 Å². The molecule has 3 nitrogen and oxygen atoms in total. The van der Waals surface area contributed by atoms with Gasteiger partial charge in [0, 0.05) is 29.9 Å². The summed E-state index contributed by atoms with van der Waals surface area (Å²) in [7, 11) is 2.00. The fourth-order valence-corrected chi connectivity index (χ4v) is 3.16. The van der Waals surface area contributed by atoms with Crippen molar-refractivity contribution >= 4 is 28.2 Å². The Kier molecular flexibility index (Phi) is 3.36. The topological polar surface area (TPSA) is 39.9 Å². The highest BCUT2D eigenvalue weighted by Crippen LogP contribution is 2.34. The van der Waals surface area contributed by atoms with E-state index in [0.717, 1.165) is 33.4 Å². The Morgan fingerprint density at radius 2 is 1.79 bits per heavy atom. The minimum Gasteiger partial charge on any atom is -0.343 e. The molecule has 0 fully saturated rings. The maximum Gasteiger partial charge on any atom is 0.102 e. The van der Waals surface area contributed by atoms with Crippen molar-refractivity contribution in [2.24, 2.45) is 0 Å². The SMILES string of the molecule is CN1/C(=C(/C#N)c2ccnc3ccccc23)C=Cc2ccccc21. The van der Waals surface area contributed by atoms with Crippen LogP contribution >= 0.6 is 0 Å². The maximum atomic E-state index is 9.87. The molecule has 3 aromatic rings. The number of allylic oxidation sites excluding steroid dienone is 2. The van der Waals surface area contributed by atoms with Gasteiger partial charge in [-0.1, -0.05) is 42.5 Å². The van der Waals surface area contributed by atoms with E-state index in [1.54, 1.807) is 6.20 Å². The second kappa shape index (κ2) is 5.68. The van der Waals surface area contributed by atoms with Gasteiger partial charge in [-0.05, 0) is 29.8 Å². The molecule has 0 spiro atoms. The Hall–Kier alpha value is -3.38. The van der Waals surface area contributed by atoms with Crippen LogP contribution in [0.2, 0.25) is 0 Å². The lowest BCUT2D eigenvalue weighted by atomic mass is 9.97. The summed E-state index contributed by atoms with van der Waals surface area (Å²) in [4.78, 5) is 6.47. The number of hydrogen-bond acceptors (Lipinski definition) is 3. The Morgan fingerprint density at radius 3 is 2.67 bits per heavy atom. The molecular weight excluding hydrogens is 294 g/mol. The number of rotatable bonds is 1. The second-order valence-electron chi connectivity index (χ2n) is 5.70. The van der Waals surface area contributed by atoms with Crippen molar-refractivity contribution in [3.05, 3.63) is 83.7 Å². The van der Waals surface area contributed by atoms with Crippen molar-refractivity contribution in [3.63, 3.8) is 0 Å². The first-order valence-corrected chi connectivity index (χ1v) is 7.79. The van der Waals surface area contributed by atoms with E-state index in [-0.39, 0.29) is 0 Å². The maximum absolute atomic E-state index is 9.87. The van der Waals surface area contributed by atoms with Crippen molar-refractivity contribution in [2.75, 3.05) is 11.9 Å². The molecule has 0 bridgehead atoms. The molecule has 0 aliphatic carbocycles. The molecule has 0 unspecified atom stereocenters. The van der Waals surface area contributed by atoms with Gasteiger partial charge in [0.25, 0.3) is 0 Å². The minimum atomic E-state index is 0.654. The molecule has 0 atom stereocenters. The van der Waals surface area contributed by atoms with Crippen LogP contribution in [0, 0.1) is 11.3 Å². The molecule has 1 aliphatic heterocycles. The predicted octanol–water partition coefficient (Wildman–Crippen LogP) is 4.63. The van der Waals surface area contributed by atoms with Crippen LogP contribution in [-0.4, -0.2) is 12.0 Å². The Bertz CT molecular complexity index is 1030. The van der Waals surface area contributed by atoms with Gasteiger partial charge in [0.2, 0.25) is 0 Å². The lowest BCUT2D eigenvalue weighted by Gasteiger charge is -2.27. The summed E-state index contributed by atoms with van der Waals surface area (Å²) in [5.74, 6) is 0. The van der Waals surface area contributed by atoms with Crippen molar-refractivity contribution in [1.29, 1.82) is 5.26 Å². The Labute approximate surface area is 140 Å². The molecule has 0 amide bonds. The summed E-state index contributed by atoms with van der Waals surface area (Å²) in [5.41, 5.74) is 5.61. The molecular formula is C21H15N3. The van der Waals surface area contributed by atoms with Crippen LogP contribution in [0.5, 0.6) is 0 Å². The monoisotopic (exact) mass is 309 g/mol. The first-order chi connectivity index (χ1) is 11.8. The molecule has 1 aromatic heterocycles. The van der Waals surface area contributed by atoms with Gasteiger partial charge in [-0.15, -0.1) is 0 Å². The number of para-hydroxylation sites is 2. The first-order valence-electron chi connectivity index (χ1n) is 7.79. The van der Waals surface area contributed by atoms with Crippen LogP contribution in [0.3, 0.4) is 0 Å². The molecule has 2 aromatic carbocycles. The van der Waals surface area contributed by atoms with E-state index < -0.39 is 0 Å². The van der Waals surface area contributed by atoms with E-state index in [0.29, 0.717) is 5.57 Å². The molecule has 24 heavy (non-hydrogen) atoms. The molecule has 3 heteroatoms. The van der Waals surface area contributed by atoms with Gasteiger partial charge in [-0.2, -0.15) is 5.26 Å². The first kappa shape index (κ1) is 14.2. The zero-order valence-electron chi connectivity index (χ0n) is 13.3. The van der Waals surface area contributed by atoms with E-state index in [9.17, 15) is 5.26 Å². The number of nitrogens with zero attached hydrogens (tertiary/aromatic N) is 3. The highest BCUT2D eigenvalue weighted by Gasteiger charge is 2.19. The minimum absolute atomic E-state index is 0.654. The van der Waals surface area contributed by atoms with Gasteiger partial charge in [0.1, 0.15) is 6.07 Å². The summed E-state index contributed by atoms with van der Waals surface area (Å²) in [6.45, 7) is 0. The Balaban J connectivity index is 1.97. The third-order valence-corrected chi connectivity index (χ3v) is 4.37. The summed E-state index contributed by atoms with van der Waals surface area (Å²) in [6.07, 6.45) is 5.83. The highest BCUT2D eigenvalue weighted by molar-refractivity contribution is 5.98. The molecule has 4 rings (SSSR count). The largest absolute Gasteiger partial charge is 0.343 e. The molecule has 0 radical (unpaired) electrons. The summed E-state index contributed by atoms with van der Waals surface area (Å²) < 4.78 is 0. The molecule has 0 saturated carbocycles. The van der Waals surface area contributed by atoms with Gasteiger partial charge >= 0.3 is 0 Å². The van der Waals surface area contributed by atoms with Crippen molar-refractivity contribution in [1.82, 2.24) is 4.98 Å². The van der Waals surface area contributed by atoms with Gasteiger partial charge in [-0.3, -0.25) is 4.98 Å². The number of hydrogen-bond donors (Lipinski definition) is 0. The van der Waals surface area contributed by atoms with E-state index in [1.165, 1.54) is 0 Å². The molecule has 0 N–H and O–H groups in total. The van der Waals surface area contributed by atoms with Gasteiger partial charge in [-0.25, -0.2) is 0 Å². The molecule has 114 valence electrons. The Morgan fingerprint density at radius 1 is 1.00 bits per heavy atom. The quantitative estimate of drug-likeness (QED) is 0.615. The zero-order chi connectivity index (χ0) is 16.5. The lowest BCUT2D eigenvalue weighted by molar-refractivity contribution is 1.13. The zero-order valence-corrected chi connectivity index (χ0v) is 13.3. The number of fused-ring (bicyclic) bond motifs is 2. The van der Waals surface area contributed by atoms with Crippen molar-refractivity contribution in [3.8, 4) is 6.07 Å². The smallest absolute Gasteiger partial charge is 0.102 e. The third-order valence-electron chi connectivity index (χ3n) is 4.37. The number of pyridine rings is 1. The normalized spacial score (nSPS) is 15.1. The lowest BCUT2D eigenvalue weighted by Crippen LogP contribution is -2.20. The molecule has 1 aliphatic rings. The van der Waals surface area contributed by atoms with E-state index in [1.807, 2.05) is 55.6 Å². The number of aromatic nitrogens is 1. The van der Waals surface area contributed by atoms with E-state index in [2.05, 4.69) is 34.2 Å². The average Bonchev–Trinajstić information content (AvgIpc) is 2.64. The fraction of sp³-hybridized carbons (Fsp3) is 0.0476. The second-order valence-corrected chi connectivity index (χ2v) is 5.70. The number of likely N-dealkylation sites (N-methyl/N-ethyl adjacent to an activating group) is 1.